The molecule has 0 unspecified atom stereocenters. The fraction of sp³-hybridized carbons (Fsp3) is 0.133. The first-order valence-electron chi connectivity index (χ1n) is 6.26. The van der Waals surface area contributed by atoms with Crippen LogP contribution in [0.5, 0.6) is 0 Å². The minimum absolute atomic E-state index is 0.0707. The third kappa shape index (κ3) is 3.81. The summed E-state index contributed by atoms with van der Waals surface area (Å²) in [7, 11) is -3.72. The lowest BCUT2D eigenvalue weighted by molar-refractivity contribution is 0.598. The third-order valence-corrected chi connectivity index (χ3v) is 3.99. The summed E-state index contributed by atoms with van der Waals surface area (Å²) in [5, 5.41) is 17.2. The highest BCUT2D eigenvalue weighted by atomic mass is 32.2. The van der Waals surface area contributed by atoms with Crippen LogP contribution in [0.25, 0.3) is 0 Å². The molecule has 0 amide bonds. The monoisotopic (exact) mass is 301 g/mol. The molecule has 0 aliphatic carbocycles. The van der Waals surface area contributed by atoms with Crippen molar-refractivity contribution in [3.05, 3.63) is 59.2 Å². The van der Waals surface area contributed by atoms with Crippen LogP contribution < -0.4 is 10.5 Å². The maximum Gasteiger partial charge on any atom is 0.238 e. The van der Waals surface area contributed by atoms with Gasteiger partial charge in [-0.1, -0.05) is 18.2 Å². The molecule has 3 N–H and O–H groups in total. The molecule has 0 saturated carbocycles. The SMILES string of the molecule is Cc1ccc(S(N)(=O)=O)cc1NCc1cccc(C#N)c1. The summed E-state index contributed by atoms with van der Waals surface area (Å²) in [5.41, 5.74) is 3.14. The van der Waals surface area contributed by atoms with E-state index in [1.807, 2.05) is 19.1 Å². The first-order valence-corrected chi connectivity index (χ1v) is 7.81. The molecular weight excluding hydrogens is 286 g/mol. The van der Waals surface area contributed by atoms with Crippen molar-refractivity contribution in [1.29, 1.82) is 5.26 Å². The molecule has 2 aromatic carbocycles. The maximum atomic E-state index is 11.4. The van der Waals surface area contributed by atoms with Crippen molar-refractivity contribution in [2.75, 3.05) is 5.32 Å². The zero-order chi connectivity index (χ0) is 15.5. The number of rotatable bonds is 4. The zero-order valence-corrected chi connectivity index (χ0v) is 12.3. The van der Waals surface area contributed by atoms with Gasteiger partial charge < -0.3 is 5.32 Å². The Bertz CT molecular complexity index is 808. The van der Waals surface area contributed by atoms with Gasteiger partial charge in [0, 0.05) is 12.2 Å². The number of primary sulfonamides is 1. The summed E-state index contributed by atoms with van der Waals surface area (Å²) < 4.78 is 22.7. The fourth-order valence-corrected chi connectivity index (χ4v) is 2.46. The molecule has 0 fully saturated rings. The molecule has 0 aliphatic heterocycles. The first-order chi connectivity index (χ1) is 9.90. The molecule has 5 nitrogen and oxygen atoms in total. The van der Waals surface area contributed by atoms with E-state index in [2.05, 4.69) is 11.4 Å². The van der Waals surface area contributed by atoms with Gasteiger partial charge in [0.2, 0.25) is 10.0 Å². The zero-order valence-electron chi connectivity index (χ0n) is 11.5. The van der Waals surface area contributed by atoms with E-state index in [9.17, 15) is 8.42 Å². The van der Waals surface area contributed by atoms with Gasteiger partial charge in [-0.2, -0.15) is 5.26 Å². The molecule has 0 atom stereocenters. The highest BCUT2D eigenvalue weighted by Crippen LogP contribution is 2.20. The number of sulfonamides is 1. The summed E-state index contributed by atoms with van der Waals surface area (Å²) in [6, 6.07) is 14.0. The van der Waals surface area contributed by atoms with Crippen LogP contribution in [-0.2, 0) is 16.6 Å². The fourth-order valence-electron chi connectivity index (χ4n) is 1.92. The van der Waals surface area contributed by atoms with Gasteiger partial charge >= 0.3 is 0 Å². The van der Waals surface area contributed by atoms with E-state index in [1.165, 1.54) is 12.1 Å². The molecule has 2 rings (SSSR count). The van der Waals surface area contributed by atoms with Gasteiger partial charge in [0.1, 0.15) is 0 Å². The normalized spacial score (nSPS) is 10.9. The molecule has 0 spiro atoms. The van der Waals surface area contributed by atoms with Crippen molar-refractivity contribution < 1.29 is 8.42 Å². The Kier molecular flexibility index (Phi) is 4.26. The van der Waals surface area contributed by atoms with Crippen molar-refractivity contribution in [2.45, 2.75) is 18.4 Å². The Hall–Kier alpha value is -2.36. The molecule has 0 saturated heterocycles. The summed E-state index contributed by atoms with van der Waals surface area (Å²) in [6.45, 7) is 2.37. The Balaban J connectivity index is 2.22. The average Bonchev–Trinajstić information content (AvgIpc) is 2.45. The van der Waals surface area contributed by atoms with Crippen LogP contribution in [0.2, 0.25) is 0 Å². The van der Waals surface area contributed by atoms with Crippen LogP contribution in [-0.4, -0.2) is 8.42 Å². The number of anilines is 1. The standard InChI is InChI=1S/C15H15N3O2S/c1-11-5-6-14(21(17,19)20)8-15(11)18-10-13-4-2-3-12(7-13)9-16/h2-8,18H,10H2,1H3,(H2,17,19,20). The van der Waals surface area contributed by atoms with Gasteiger partial charge in [0.05, 0.1) is 16.5 Å². The smallest absolute Gasteiger partial charge is 0.238 e. The second kappa shape index (κ2) is 5.95. The van der Waals surface area contributed by atoms with Crippen molar-refractivity contribution in [2.24, 2.45) is 5.14 Å². The molecule has 0 aliphatic rings. The van der Waals surface area contributed by atoms with E-state index in [0.717, 1.165) is 11.1 Å². The number of nitriles is 1. The third-order valence-electron chi connectivity index (χ3n) is 3.08. The number of hydrogen-bond acceptors (Lipinski definition) is 4. The number of nitrogens with two attached hydrogens (primary N) is 1. The molecule has 21 heavy (non-hydrogen) atoms. The Morgan fingerprint density at radius 2 is 2.00 bits per heavy atom. The molecular formula is C15H15N3O2S. The lowest BCUT2D eigenvalue weighted by Crippen LogP contribution is -2.13. The average molecular weight is 301 g/mol. The van der Waals surface area contributed by atoms with Crippen molar-refractivity contribution in [3.8, 4) is 6.07 Å². The molecule has 2 aromatic rings. The second-order valence-electron chi connectivity index (χ2n) is 4.69. The van der Waals surface area contributed by atoms with Crippen molar-refractivity contribution >= 4 is 15.7 Å². The predicted molar refractivity (Wildman–Crippen MR) is 81.0 cm³/mol. The second-order valence-corrected chi connectivity index (χ2v) is 6.25. The summed E-state index contributed by atoms with van der Waals surface area (Å²) in [6.07, 6.45) is 0. The van der Waals surface area contributed by atoms with E-state index in [1.54, 1.807) is 18.2 Å². The van der Waals surface area contributed by atoms with Crippen LogP contribution in [0.15, 0.2) is 47.4 Å². The van der Waals surface area contributed by atoms with Crippen LogP contribution in [0.1, 0.15) is 16.7 Å². The summed E-state index contributed by atoms with van der Waals surface area (Å²) in [5.74, 6) is 0. The van der Waals surface area contributed by atoms with Gasteiger partial charge in [-0.3, -0.25) is 0 Å². The maximum absolute atomic E-state index is 11.4. The highest BCUT2D eigenvalue weighted by molar-refractivity contribution is 7.89. The van der Waals surface area contributed by atoms with Crippen molar-refractivity contribution in [3.63, 3.8) is 0 Å². The molecule has 6 heteroatoms. The molecule has 0 radical (unpaired) electrons. The van der Waals surface area contributed by atoms with Crippen LogP contribution in [0.3, 0.4) is 0 Å². The van der Waals surface area contributed by atoms with E-state index in [0.29, 0.717) is 17.8 Å². The van der Waals surface area contributed by atoms with E-state index < -0.39 is 10.0 Å². The van der Waals surface area contributed by atoms with E-state index >= 15 is 0 Å². The van der Waals surface area contributed by atoms with Gasteiger partial charge in [-0.05, 0) is 42.3 Å². The molecule has 0 bridgehead atoms. The number of nitrogens with zero attached hydrogens (tertiary/aromatic N) is 1. The lowest BCUT2D eigenvalue weighted by Gasteiger charge is -2.11. The van der Waals surface area contributed by atoms with Gasteiger partial charge in [-0.15, -0.1) is 0 Å². The first kappa shape index (κ1) is 15.0. The van der Waals surface area contributed by atoms with Crippen LogP contribution >= 0.6 is 0 Å². The summed E-state index contributed by atoms with van der Waals surface area (Å²) in [4.78, 5) is 0.0707. The molecule has 108 valence electrons. The predicted octanol–water partition coefficient (Wildman–Crippen LogP) is 2.13. The largest absolute Gasteiger partial charge is 0.381 e. The van der Waals surface area contributed by atoms with Gasteiger partial charge in [-0.25, -0.2) is 13.6 Å². The van der Waals surface area contributed by atoms with Gasteiger partial charge in [0.25, 0.3) is 0 Å². The Labute approximate surface area is 124 Å². The van der Waals surface area contributed by atoms with Crippen LogP contribution in [0, 0.1) is 18.3 Å². The summed E-state index contributed by atoms with van der Waals surface area (Å²) >= 11 is 0. The van der Waals surface area contributed by atoms with Gasteiger partial charge in [0.15, 0.2) is 0 Å². The van der Waals surface area contributed by atoms with E-state index in [4.69, 9.17) is 10.4 Å². The minimum atomic E-state index is -3.72. The molecule has 0 heterocycles. The number of nitrogens with one attached hydrogen (secondary N) is 1. The molecule has 0 aromatic heterocycles. The Morgan fingerprint density at radius 1 is 1.24 bits per heavy atom. The van der Waals surface area contributed by atoms with Crippen molar-refractivity contribution in [1.82, 2.24) is 0 Å². The Morgan fingerprint density at radius 3 is 2.67 bits per heavy atom. The number of aryl methyl sites for hydroxylation is 1. The van der Waals surface area contributed by atoms with Crippen LogP contribution in [0.4, 0.5) is 5.69 Å². The lowest BCUT2D eigenvalue weighted by atomic mass is 10.1. The number of hydrogen-bond donors (Lipinski definition) is 2. The minimum Gasteiger partial charge on any atom is -0.381 e. The highest BCUT2D eigenvalue weighted by Gasteiger charge is 2.09. The quantitative estimate of drug-likeness (QED) is 0.904. The van der Waals surface area contributed by atoms with E-state index in [-0.39, 0.29) is 4.90 Å². The topological polar surface area (TPSA) is 96.0 Å². The number of benzene rings is 2.